The Bertz CT molecular complexity index is 1350. The molecular formula is C17H8BrClN4OS. The number of nitrogens with zero attached hydrogens (tertiary/aromatic N) is 4. The van der Waals surface area contributed by atoms with E-state index >= 15 is 0 Å². The van der Waals surface area contributed by atoms with Crippen LogP contribution in [0.5, 0.6) is 0 Å². The quantitative estimate of drug-likeness (QED) is 0.388. The zero-order valence-corrected chi connectivity index (χ0v) is 15.6. The lowest BCUT2D eigenvalue weighted by molar-refractivity contribution is 1.02. The molecule has 0 spiro atoms. The molecule has 122 valence electrons. The van der Waals surface area contributed by atoms with E-state index in [4.69, 9.17) is 11.6 Å². The Kier molecular flexibility index (Phi) is 3.25. The first kappa shape index (κ1) is 15.1. The van der Waals surface area contributed by atoms with E-state index in [0.717, 1.165) is 31.4 Å². The Morgan fingerprint density at radius 1 is 1.16 bits per heavy atom. The van der Waals surface area contributed by atoms with Crippen LogP contribution in [0.15, 0.2) is 57.5 Å². The van der Waals surface area contributed by atoms with E-state index in [9.17, 15) is 4.79 Å². The highest BCUT2D eigenvalue weighted by atomic mass is 79.9. The van der Waals surface area contributed by atoms with Crippen molar-refractivity contribution in [2.45, 2.75) is 0 Å². The molecule has 5 nitrogen and oxygen atoms in total. The van der Waals surface area contributed by atoms with Crippen LogP contribution in [-0.2, 0) is 0 Å². The second-order valence-electron chi connectivity index (χ2n) is 5.49. The van der Waals surface area contributed by atoms with Gasteiger partial charge in [0.2, 0.25) is 5.65 Å². The highest BCUT2D eigenvalue weighted by Crippen LogP contribution is 2.31. The molecule has 5 rings (SSSR count). The summed E-state index contributed by atoms with van der Waals surface area (Å²) in [5, 5.41) is 0.573. The highest BCUT2D eigenvalue weighted by molar-refractivity contribution is 9.10. The van der Waals surface area contributed by atoms with Crippen LogP contribution >= 0.6 is 38.9 Å². The third-order valence-corrected chi connectivity index (χ3v) is 6.19. The van der Waals surface area contributed by atoms with Gasteiger partial charge in [-0.1, -0.05) is 17.7 Å². The van der Waals surface area contributed by atoms with Crippen molar-refractivity contribution in [2.24, 2.45) is 0 Å². The smallest absolute Gasteiger partial charge is 0.293 e. The van der Waals surface area contributed by atoms with Crippen LogP contribution in [-0.4, -0.2) is 18.9 Å². The molecule has 0 radical (unpaired) electrons. The van der Waals surface area contributed by atoms with Gasteiger partial charge in [0, 0.05) is 16.9 Å². The van der Waals surface area contributed by atoms with E-state index in [1.165, 1.54) is 11.3 Å². The lowest BCUT2D eigenvalue weighted by atomic mass is 10.2. The molecule has 8 heteroatoms. The molecule has 0 bridgehead atoms. The fourth-order valence-electron chi connectivity index (χ4n) is 3.05. The van der Waals surface area contributed by atoms with Gasteiger partial charge >= 0.3 is 0 Å². The van der Waals surface area contributed by atoms with Gasteiger partial charge in [-0.05, 0) is 40.2 Å². The molecule has 0 aliphatic carbocycles. The summed E-state index contributed by atoms with van der Waals surface area (Å²) in [4.78, 5) is 21.8. The molecule has 25 heavy (non-hydrogen) atoms. The Morgan fingerprint density at radius 3 is 2.92 bits per heavy atom. The summed E-state index contributed by atoms with van der Waals surface area (Å²) in [6.07, 6.45) is 3.38. The SMILES string of the molecule is O=c1c2nccn2c2cc(Cl)c(Br)cc2n1-c1cccc2ncsc12. The molecule has 0 fully saturated rings. The first-order valence-electron chi connectivity index (χ1n) is 7.34. The molecule has 3 aromatic heterocycles. The molecule has 0 amide bonds. The van der Waals surface area contributed by atoms with E-state index in [-0.39, 0.29) is 5.56 Å². The van der Waals surface area contributed by atoms with E-state index < -0.39 is 0 Å². The summed E-state index contributed by atoms with van der Waals surface area (Å²) in [6, 6.07) is 9.44. The first-order valence-corrected chi connectivity index (χ1v) is 9.39. The highest BCUT2D eigenvalue weighted by Gasteiger charge is 2.17. The van der Waals surface area contributed by atoms with Crippen LogP contribution < -0.4 is 5.56 Å². The topological polar surface area (TPSA) is 52.2 Å². The molecule has 0 unspecified atom stereocenters. The van der Waals surface area contributed by atoms with Gasteiger partial charge in [0.1, 0.15) is 0 Å². The monoisotopic (exact) mass is 430 g/mol. The lowest BCUT2D eigenvalue weighted by Crippen LogP contribution is -2.22. The molecule has 0 saturated heterocycles. The Balaban J connectivity index is 2.07. The maximum atomic E-state index is 13.2. The van der Waals surface area contributed by atoms with Crippen molar-refractivity contribution >= 4 is 65.8 Å². The third kappa shape index (κ3) is 2.09. The molecular weight excluding hydrogens is 424 g/mol. The Morgan fingerprint density at radius 2 is 2.04 bits per heavy atom. The summed E-state index contributed by atoms with van der Waals surface area (Å²) in [5.41, 5.74) is 5.14. The van der Waals surface area contributed by atoms with Crippen LogP contribution in [0.2, 0.25) is 5.02 Å². The average molecular weight is 432 g/mol. The number of hydrogen-bond donors (Lipinski definition) is 0. The van der Waals surface area contributed by atoms with Crippen LogP contribution in [0.3, 0.4) is 0 Å². The summed E-state index contributed by atoms with van der Waals surface area (Å²) in [5.74, 6) is 0. The van der Waals surface area contributed by atoms with Gasteiger partial charge in [-0.2, -0.15) is 0 Å². The predicted molar refractivity (Wildman–Crippen MR) is 104 cm³/mol. The van der Waals surface area contributed by atoms with Gasteiger partial charge < -0.3 is 0 Å². The van der Waals surface area contributed by atoms with E-state index in [1.54, 1.807) is 26.9 Å². The molecule has 2 aromatic carbocycles. The van der Waals surface area contributed by atoms with Gasteiger partial charge in [0.05, 0.1) is 37.5 Å². The van der Waals surface area contributed by atoms with Gasteiger partial charge in [-0.15, -0.1) is 11.3 Å². The van der Waals surface area contributed by atoms with Crippen LogP contribution in [0.4, 0.5) is 0 Å². The largest absolute Gasteiger partial charge is 0.299 e. The van der Waals surface area contributed by atoms with Crippen molar-refractivity contribution in [1.82, 2.24) is 18.9 Å². The number of halogens is 2. The number of aromatic nitrogens is 4. The maximum absolute atomic E-state index is 13.2. The maximum Gasteiger partial charge on any atom is 0.299 e. The zero-order chi connectivity index (χ0) is 17.1. The summed E-state index contributed by atoms with van der Waals surface area (Å²) in [7, 11) is 0. The number of hydrogen-bond acceptors (Lipinski definition) is 4. The van der Waals surface area contributed by atoms with Crippen molar-refractivity contribution < 1.29 is 0 Å². The van der Waals surface area contributed by atoms with Crippen molar-refractivity contribution in [3.63, 3.8) is 0 Å². The van der Waals surface area contributed by atoms with Crippen LogP contribution in [0.25, 0.3) is 32.6 Å². The van der Waals surface area contributed by atoms with Crippen molar-refractivity contribution in [3.8, 4) is 5.69 Å². The van der Waals surface area contributed by atoms with Gasteiger partial charge in [-0.3, -0.25) is 13.8 Å². The van der Waals surface area contributed by atoms with E-state index in [1.807, 2.05) is 30.3 Å². The fourth-order valence-corrected chi connectivity index (χ4v) is 4.33. The molecule has 0 atom stereocenters. The standard InChI is InChI=1S/C17H8BrClN4OS/c18-9-6-14-13(7-10(9)19)22-5-4-20-16(22)17(24)23(14)12-3-1-2-11-15(12)25-8-21-11/h1-8H. The molecule has 0 aliphatic rings. The molecule has 3 heterocycles. The van der Waals surface area contributed by atoms with Gasteiger partial charge in [0.25, 0.3) is 5.56 Å². The normalized spacial score (nSPS) is 11.8. The summed E-state index contributed by atoms with van der Waals surface area (Å²) >= 11 is 11.3. The Labute approximate surface area is 158 Å². The fraction of sp³-hybridized carbons (Fsp3) is 0. The second-order valence-corrected chi connectivity index (χ2v) is 7.61. The molecule has 0 aliphatic heterocycles. The minimum atomic E-state index is -0.187. The predicted octanol–water partition coefficient (Wildman–Crippen LogP) is 4.66. The zero-order valence-electron chi connectivity index (χ0n) is 12.5. The minimum Gasteiger partial charge on any atom is -0.293 e. The number of rotatable bonds is 1. The summed E-state index contributed by atoms with van der Waals surface area (Å²) in [6.45, 7) is 0. The van der Waals surface area contributed by atoms with Crippen LogP contribution in [0, 0.1) is 0 Å². The van der Waals surface area contributed by atoms with Crippen molar-refractivity contribution in [3.05, 3.63) is 68.1 Å². The third-order valence-electron chi connectivity index (χ3n) is 4.13. The Hall–Kier alpha value is -2.22. The molecule has 5 aromatic rings. The molecule has 0 N–H and O–H groups in total. The van der Waals surface area contributed by atoms with Gasteiger partial charge in [-0.25, -0.2) is 9.97 Å². The van der Waals surface area contributed by atoms with Crippen molar-refractivity contribution in [1.29, 1.82) is 0 Å². The first-order chi connectivity index (χ1) is 12.1. The van der Waals surface area contributed by atoms with Crippen molar-refractivity contribution in [2.75, 3.05) is 0 Å². The minimum absolute atomic E-state index is 0.187. The number of imidazole rings is 1. The lowest BCUT2D eigenvalue weighted by Gasteiger charge is -2.13. The molecule has 0 saturated carbocycles. The van der Waals surface area contributed by atoms with Crippen LogP contribution in [0.1, 0.15) is 0 Å². The summed E-state index contributed by atoms with van der Waals surface area (Å²) < 4.78 is 5.12. The number of fused-ring (bicyclic) bond motifs is 4. The second kappa shape index (κ2) is 5.39. The number of thiazole rings is 1. The van der Waals surface area contributed by atoms with E-state index in [2.05, 4.69) is 25.9 Å². The van der Waals surface area contributed by atoms with E-state index in [0.29, 0.717) is 10.7 Å². The average Bonchev–Trinajstić information content (AvgIpc) is 3.26. The number of benzene rings is 2. The van der Waals surface area contributed by atoms with Gasteiger partial charge in [0.15, 0.2) is 0 Å².